The van der Waals surface area contributed by atoms with Gasteiger partial charge in [0.1, 0.15) is 11.5 Å². The fourth-order valence-electron chi connectivity index (χ4n) is 3.59. The molecule has 0 radical (unpaired) electrons. The number of carbonyl (C=O) groups is 1. The van der Waals surface area contributed by atoms with Gasteiger partial charge in [-0.25, -0.2) is 13.2 Å². The van der Waals surface area contributed by atoms with E-state index in [1.165, 1.54) is 22.1 Å². The summed E-state index contributed by atoms with van der Waals surface area (Å²) in [6.45, 7) is 5.58. The highest BCUT2D eigenvalue weighted by Gasteiger charge is 2.32. The van der Waals surface area contributed by atoms with Crippen LogP contribution in [0.25, 0.3) is 0 Å². The largest absolute Gasteiger partial charge is 0.573 e. The molecule has 12 heteroatoms. The molecule has 0 bridgehead atoms. The average molecular weight is 564 g/mol. The summed E-state index contributed by atoms with van der Waals surface area (Å²) in [5.74, 6) is -0.621. The number of ether oxygens (including phenoxy) is 2. The SMILES string of the molecule is CCCCc1cc(OC(F)(F)F)ccc1S(=O)(=O)N(CCC)CCSc1ccc(OCC(=O)O)c(C)c1. The first-order chi connectivity index (χ1) is 17.4. The molecule has 0 aliphatic heterocycles. The van der Waals surface area contributed by atoms with Crippen molar-refractivity contribution >= 4 is 27.8 Å². The van der Waals surface area contributed by atoms with E-state index in [4.69, 9.17) is 9.84 Å². The zero-order valence-corrected chi connectivity index (χ0v) is 22.6. The minimum absolute atomic E-state index is 0.00954. The number of sulfonamides is 1. The molecule has 2 aromatic rings. The topological polar surface area (TPSA) is 93.1 Å². The molecule has 0 amide bonds. The molecule has 2 aromatic carbocycles. The summed E-state index contributed by atoms with van der Waals surface area (Å²) in [4.78, 5) is 11.6. The number of unbranched alkanes of at least 4 members (excludes halogenated alkanes) is 1. The maximum absolute atomic E-state index is 13.6. The minimum Gasteiger partial charge on any atom is -0.482 e. The van der Waals surface area contributed by atoms with Crippen LogP contribution in [0.3, 0.4) is 0 Å². The van der Waals surface area contributed by atoms with Gasteiger partial charge in [0.25, 0.3) is 0 Å². The number of alkyl halides is 3. The smallest absolute Gasteiger partial charge is 0.482 e. The molecule has 0 aliphatic carbocycles. The number of aliphatic carboxylic acids is 1. The molecule has 0 unspecified atom stereocenters. The third-order valence-electron chi connectivity index (χ3n) is 5.26. The fourth-order valence-corrected chi connectivity index (χ4v) is 6.44. The molecule has 0 aliphatic rings. The molecule has 206 valence electrons. The Labute approximate surface area is 220 Å². The first-order valence-electron chi connectivity index (χ1n) is 11.8. The number of halogens is 3. The minimum atomic E-state index is -4.87. The maximum Gasteiger partial charge on any atom is 0.573 e. The van der Waals surface area contributed by atoms with Crippen LogP contribution in [-0.2, 0) is 21.2 Å². The third kappa shape index (κ3) is 9.75. The van der Waals surface area contributed by atoms with Crippen molar-refractivity contribution in [1.29, 1.82) is 0 Å². The number of carboxylic acids is 1. The Bertz CT molecular complexity index is 1160. The van der Waals surface area contributed by atoms with Crippen LogP contribution < -0.4 is 9.47 Å². The summed E-state index contributed by atoms with van der Waals surface area (Å²) in [5.41, 5.74) is 1.05. The lowest BCUT2D eigenvalue weighted by Gasteiger charge is -2.23. The quantitative estimate of drug-likeness (QED) is 0.270. The summed E-state index contributed by atoms with van der Waals surface area (Å²) in [6.07, 6.45) is -2.62. The highest BCUT2D eigenvalue weighted by Crippen LogP contribution is 2.31. The second-order valence-electron chi connectivity index (χ2n) is 8.28. The first-order valence-corrected chi connectivity index (χ1v) is 14.3. The number of carboxylic acid groups (broad SMARTS) is 1. The molecular weight excluding hydrogens is 531 g/mol. The summed E-state index contributed by atoms with van der Waals surface area (Å²) in [5, 5.41) is 8.76. The lowest BCUT2D eigenvalue weighted by molar-refractivity contribution is -0.274. The van der Waals surface area contributed by atoms with Gasteiger partial charge in [-0.2, -0.15) is 4.31 Å². The van der Waals surface area contributed by atoms with Crippen LogP contribution in [0, 0.1) is 6.92 Å². The van der Waals surface area contributed by atoms with E-state index in [2.05, 4.69) is 4.74 Å². The van der Waals surface area contributed by atoms with E-state index in [1.54, 1.807) is 19.1 Å². The molecule has 0 saturated carbocycles. The second-order valence-corrected chi connectivity index (χ2v) is 11.4. The van der Waals surface area contributed by atoms with E-state index in [1.807, 2.05) is 19.9 Å². The number of nitrogens with zero attached hydrogens (tertiary/aromatic N) is 1. The van der Waals surface area contributed by atoms with Crippen molar-refractivity contribution in [1.82, 2.24) is 4.31 Å². The van der Waals surface area contributed by atoms with Gasteiger partial charge in [0.15, 0.2) is 6.61 Å². The summed E-state index contributed by atoms with van der Waals surface area (Å²) in [7, 11) is -3.96. The van der Waals surface area contributed by atoms with Crippen molar-refractivity contribution in [2.24, 2.45) is 0 Å². The molecular formula is C25H32F3NO6S2. The summed E-state index contributed by atoms with van der Waals surface area (Å²) in [6, 6.07) is 8.66. The Hall–Kier alpha value is -2.44. The predicted octanol–water partition coefficient (Wildman–Crippen LogP) is 5.89. The van der Waals surface area contributed by atoms with Crippen LogP contribution in [0.15, 0.2) is 46.2 Å². The standard InChI is InChI=1S/C25H32F3NO6S2/c1-4-6-7-19-16-20(35-25(26,27)28)8-11-23(19)37(32,33)29(12-5-2)13-14-36-21-9-10-22(18(3)15-21)34-17-24(30)31/h8-11,15-16H,4-7,12-14,17H2,1-3H3,(H,30,31). The molecule has 0 saturated heterocycles. The number of rotatable bonds is 15. The van der Waals surface area contributed by atoms with Crippen LogP contribution in [0.4, 0.5) is 13.2 Å². The number of aryl methyl sites for hydroxylation is 2. The summed E-state index contributed by atoms with van der Waals surface area (Å²) < 4.78 is 75.8. The lowest BCUT2D eigenvalue weighted by Crippen LogP contribution is -2.34. The molecule has 0 aromatic heterocycles. The molecule has 0 atom stereocenters. The van der Waals surface area contributed by atoms with Gasteiger partial charge in [0, 0.05) is 23.7 Å². The first kappa shape index (κ1) is 30.8. The van der Waals surface area contributed by atoms with Crippen LogP contribution >= 0.6 is 11.8 Å². The maximum atomic E-state index is 13.6. The fraction of sp³-hybridized carbons (Fsp3) is 0.480. The number of hydrogen-bond acceptors (Lipinski definition) is 6. The molecule has 1 N–H and O–H groups in total. The van der Waals surface area contributed by atoms with E-state index in [-0.39, 0.29) is 18.0 Å². The molecule has 37 heavy (non-hydrogen) atoms. The van der Waals surface area contributed by atoms with E-state index in [0.717, 1.165) is 29.0 Å². The van der Waals surface area contributed by atoms with Crippen molar-refractivity contribution in [3.05, 3.63) is 47.5 Å². The zero-order chi connectivity index (χ0) is 27.6. The highest BCUT2D eigenvalue weighted by atomic mass is 32.2. The van der Waals surface area contributed by atoms with E-state index < -0.39 is 34.7 Å². The normalized spacial score (nSPS) is 12.1. The van der Waals surface area contributed by atoms with Crippen LogP contribution in [-0.4, -0.2) is 55.6 Å². The van der Waals surface area contributed by atoms with Gasteiger partial charge >= 0.3 is 12.3 Å². The Morgan fingerprint density at radius 1 is 1.08 bits per heavy atom. The lowest BCUT2D eigenvalue weighted by atomic mass is 10.1. The Morgan fingerprint density at radius 3 is 2.41 bits per heavy atom. The number of hydrogen-bond donors (Lipinski definition) is 1. The predicted molar refractivity (Wildman–Crippen MR) is 136 cm³/mol. The van der Waals surface area contributed by atoms with Gasteiger partial charge < -0.3 is 14.6 Å². The average Bonchev–Trinajstić information content (AvgIpc) is 2.80. The number of benzene rings is 2. The van der Waals surface area contributed by atoms with E-state index in [9.17, 15) is 26.4 Å². The van der Waals surface area contributed by atoms with Crippen LogP contribution in [0.5, 0.6) is 11.5 Å². The van der Waals surface area contributed by atoms with Gasteiger partial charge in [-0.05, 0) is 73.7 Å². The molecule has 0 heterocycles. The Morgan fingerprint density at radius 2 is 1.81 bits per heavy atom. The third-order valence-corrected chi connectivity index (χ3v) is 8.24. The van der Waals surface area contributed by atoms with Gasteiger partial charge in [-0.3, -0.25) is 0 Å². The Balaban J connectivity index is 2.19. The van der Waals surface area contributed by atoms with Crippen molar-refractivity contribution in [3.63, 3.8) is 0 Å². The van der Waals surface area contributed by atoms with Crippen molar-refractivity contribution in [3.8, 4) is 11.5 Å². The van der Waals surface area contributed by atoms with Gasteiger partial charge in [-0.1, -0.05) is 20.3 Å². The highest BCUT2D eigenvalue weighted by molar-refractivity contribution is 7.99. The summed E-state index contributed by atoms with van der Waals surface area (Å²) >= 11 is 1.44. The number of thioether (sulfide) groups is 1. The van der Waals surface area contributed by atoms with Gasteiger partial charge in [0.2, 0.25) is 10.0 Å². The van der Waals surface area contributed by atoms with E-state index in [0.29, 0.717) is 36.3 Å². The zero-order valence-electron chi connectivity index (χ0n) is 21.0. The molecule has 0 fully saturated rings. The Kier molecular flexibility index (Phi) is 11.6. The van der Waals surface area contributed by atoms with Crippen LogP contribution in [0.1, 0.15) is 44.2 Å². The molecule has 0 spiro atoms. The van der Waals surface area contributed by atoms with Crippen molar-refractivity contribution in [2.45, 2.75) is 62.6 Å². The monoisotopic (exact) mass is 563 g/mol. The van der Waals surface area contributed by atoms with E-state index >= 15 is 0 Å². The van der Waals surface area contributed by atoms with Crippen LogP contribution in [0.2, 0.25) is 0 Å². The van der Waals surface area contributed by atoms with Gasteiger partial charge in [-0.15, -0.1) is 24.9 Å². The van der Waals surface area contributed by atoms with Crippen molar-refractivity contribution < 1.29 is 41.0 Å². The molecule has 2 rings (SSSR count). The molecule has 7 nitrogen and oxygen atoms in total. The second kappa shape index (κ2) is 13.9. The van der Waals surface area contributed by atoms with Crippen molar-refractivity contribution in [2.75, 3.05) is 25.4 Å². The van der Waals surface area contributed by atoms with Gasteiger partial charge in [0.05, 0.1) is 4.90 Å².